The smallest absolute Gasteiger partial charge is 0.322 e. The van der Waals surface area contributed by atoms with Gasteiger partial charge in [0.1, 0.15) is 0 Å². The van der Waals surface area contributed by atoms with Gasteiger partial charge in [-0.1, -0.05) is 5.10 Å². The van der Waals surface area contributed by atoms with Crippen molar-refractivity contribution < 1.29 is 19.1 Å². The predicted molar refractivity (Wildman–Crippen MR) is 57.2 cm³/mol. The van der Waals surface area contributed by atoms with Crippen LogP contribution in [0.3, 0.4) is 0 Å². The van der Waals surface area contributed by atoms with E-state index in [4.69, 9.17) is 9.52 Å². The molecule has 0 saturated carbocycles. The van der Waals surface area contributed by atoms with Crippen molar-refractivity contribution in [3.8, 4) is 0 Å². The van der Waals surface area contributed by atoms with E-state index in [0.717, 1.165) is 0 Å². The van der Waals surface area contributed by atoms with Crippen molar-refractivity contribution in [2.75, 3.05) is 16.8 Å². The van der Waals surface area contributed by atoms with Crippen LogP contribution in [0.5, 0.6) is 0 Å². The van der Waals surface area contributed by atoms with Gasteiger partial charge in [0.25, 0.3) is 0 Å². The summed E-state index contributed by atoms with van der Waals surface area (Å²) >= 11 is 1.23. The maximum Gasteiger partial charge on any atom is 0.322 e. The zero-order valence-corrected chi connectivity index (χ0v) is 9.41. The lowest BCUT2D eigenvalue weighted by atomic mass is 10.5. The van der Waals surface area contributed by atoms with Gasteiger partial charge in [-0.2, -0.15) is 11.8 Å². The molecule has 8 heteroatoms. The fraction of sp³-hybridized carbons (Fsp3) is 0.500. The van der Waals surface area contributed by atoms with Gasteiger partial charge in [0, 0.05) is 12.7 Å². The number of rotatable bonds is 6. The van der Waals surface area contributed by atoms with Crippen molar-refractivity contribution >= 4 is 29.7 Å². The molecule has 0 atom stereocenters. The molecule has 2 N–H and O–H groups in total. The summed E-state index contributed by atoms with van der Waals surface area (Å²) in [6.07, 6.45) is 0.0393. The SMILES string of the molecule is Cc1nnc(NC(=O)CSCCC(=O)O)o1. The molecule has 16 heavy (non-hydrogen) atoms. The van der Waals surface area contributed by atoms with Crippen molar-refractivity contribution in [1.82, 2.24) is 10.2 Å². The van der Waals surface area contributed by atoms with Crippen LogP contribution in [-0.4, -0.2) is 38.7 Å². The normalized spacial score (nSPS) is 10.1. The molecule has 0 unspecified atom stereocenters. The number of hydrogen-bond donors (Lipinski definition) is 2. The number of nitrogens with one attached hydrogen (secondary N) is 1. The molecule has 0 fully saturated rings. The van der Waals surface area contributed by atoms with E-state index in [1.165, 1.54) is 11.8 Å². The third-order valence-electron chi connectivity index (χ3n) is 1.47. The van der Waals surface area contributed by atoms with Crippen LogP contribution in [0, 0.1) is 6.92 Å². The lowest BCUT2D eigenvalue weighted by molar-refractivity contribution is -0.136. The molecule has 1 amide bonds. The number of aromatic nitrogens is 2. The van der Waals surface area contributed by atoms with Crippen molar-refractivity contribution in [2.24, 2.45) is 0 Å². The average molecular weight is 245 g/mol. The van der Waals surface area contributed by atoms with E-state index in [1.807, 2.05) is 0 Å². The van der Waals surface area contributed by atoms with Crippen LogP contribution in [0.15, 0.2) is 4.42 Å². The summed E-state index contributed by atoms with van der Waals surface area (Å²) in [7, 11) is 0. The van der Waals surface area contributed by atoms with Gasteiger partial charge in [0.05, 0.1) is 12.2 Å². The second-order valence-corrected chi connectivity index (χ2v) is 3.98. The highest BCUT2D eigenvalue weighted by Crippen LogP contribution is 2.06. The maximum atomic E-state index is 11.3. The first kappa shape index (κ1) is 12.5. The van der Waals surface area contributed by atoms with Crippen molar-refractivity contribution in [3.05, 3.63) is 5.89 Å². The molecule has 0 aromatic carbocycles. The largest absolute Gasteiger partial charge is 0.481 e. The highest BCUT2D eigenvalue weighted by molar-refractivity contribution is 7.99. The van der Waals surface area contributed by atoms with Gasteiger partial charge in [-0.25, -0.2) is 0 Å². The Hall–Kier alpha value is -1.57. The Balaban J connectivity index is 2.18. The Morgan fingerprint density at radius 3 is 2.81 bits per heavy atom. The van der Waals surface area contributed by atoms with E-state index in [2.05, 4.69) is 15.5 Å². The monoisotopic (exact) mass is 245 g/mol. The number of anilines is 1. The van der Waals surface area contributed by atoms with Crippen LogP contribution in [0.1, 0.15) is 12.3 Å². The number of nitrogens with zero attached hydrogens (tertiary/aromatic N) is 2. The van der Waals surface area contributed by atoms with E-state index >= 15 is 0 Å². The minimum absolute atomic E-state index is 0.0393. The molecule has 0 aliphatic heterocycles. The van der Waals surface area contributed by atoms with Gasteiger partial charge in [0.15, 0.2) is 0 Å². The zero-order chi connectivity index (χ0) is 12.0. The number of carbonyl (C=O) groups is 2. The standard InChI is InChI=1S/C8H11N3O4S/c1-5-10-11-8(15-5)9-6(12)4-16-3-2-7(13)14/h2-4H2,1H3,(H,13,14)(H,9,11,12). The van der Waals surface area contributed by atoms with E-state index < -0.39 is 5.97 Å². The van der Waals surface area contributed by atoms with Crippen LogP contribution in [-0.2, 0) is 9.59 Å². The number of carbonyl (C=O) groups excluding carboxylic acids is 1. The van der Waals surface area contributed by atoms with Crippen molar-refractivity contribution in [2.45, 2.75) is 13.3 Å². The molecule has 0 saturated heterocycles. The first-order chi connectivity index (χ1) is 7.58. The highest BCUT2D eigenvalue weighted by atomic mass is 32.2. The summed E-state index contributed by atoms with van der Waals surface area (Å²) in [5.74, 6) is -0.242. The summed E-state index contributed by atoms with van der Waals surface area (Å²) < 4.78 is 4.94. The zero-order valence-electron chi connectivity index (χ0n) is 8.60. The first-order valence-electron chi connectivity index (χ1n) is 4.47. The number of hydrogen-bond acceptors (Lipinski definition) is 6. The molecule has 0 aliphatic carbocycles. The summed E-state index contributed by atoms with van der Waals surface area (Å²) in [4.78, 5) is 21.4. The fourth-order valence-corrected chi connectivity index (χ4v) is 1.55. The summed E-state index contributed by atoms with van der Waals surface area (Å²) in [6.45, 7) is 1.62. The Labute approximate surface area is 95.6 Å². The molecule has 0 spiro atoms. The molecule has 1 aromatic rings. The molecular weight excluding hydrogens is 234 g/mol. The van der Waals surface area contributed by atoms with Crippen LogP contribution in [0.2, 0.25) is 0 Å². The maximum absolute atomic E-state index is 11.3. The van der Waals surface area contributed by atoms with Crippen LogP contribution < -0.4 is 5.32 Å². The quantitative estimate of drug-likeness (QED) is 0.704. The number of carboxylic acids is 1. The summed E-state index contributed by atoms with van der Waals surface area (Å²) in [5.41, 5.74) is 0. The van der Waals surface area contributed by atoms with Crippen molar-refractivity contribution in [3.63, 3.8) is 0 Å². The molecular formula is C8H11N3O4S. The van der Waals surface area contributed by atoms with Gasteiger partial charge in [-0.05, 0) is 0 Å². The van der Waals surface area contributed by atoms with Gasteiger partial charge in [0.2, 0.25) is 11.8 Å². The molecule has 1 rings (SSSR count). The first-order valence-corrected chi connectivity index (χ1v) is 5.63. The van der Waals surface area contributed by atoms with E-state index in [-0.39, 0.29) is 24.1 Å². The summed E-state index contributed by atoms with van der Waals surface area (Å²) in [6, 6.07) is 0.0568. The van der Waals surface area contributed by atoms with Crippen LogP contribution >= 0.6 is 11.8 Å². The van der Waals surface area contributed by atoms with E-state index in [0.29, 0.717) is 11.6 Å². The van der Waals surface area contributed by atoms with E-state index in [1.54, 1.807) is 6.92 Å². The topological polar surface area (TPSA) is 105 Å². The Kier molecular flexibility index (Phi) is 4.77. The number of amides is 1. The predicted octanol–water partition coefficient (Wildman–Crippen LogP) is 0.524. The van der Waals surface area contributed by atoms with E-state index in [9.17, 15) is 9.59 Å². The molecule has 0 bridgehead atoms. The molecule has 88 valence electrons. The molecule has 1 heterocycles. The third kappa shape index (κ3) is 4.78. The molecule has 0 radical (unpaired) electrons. The number of aryl methyl sites for hydroxylation is 1. The second kappa shape index (κ2) is 6.11. The lowest BCUT2D eigenvalue weighted by Crippen LogP contribution is -2.14. The third-order valence-corrected chi connectivity index (χ3v) is 2.42. The van der Waals surface area contributed by atoms with Gasteiger partial charge in [-0.15, -0.1) is 5.10 Å². The number of aliphatic carboxylic acids is 1. The molecule has 0 aliphatic rings. The van der Waals surface area contributed by atoms with Gasteiger partial charge < -0.3 is 9.52 Å². The minimum atomic E-state index is -0.875. The lowest BCUT2D eigenvalue weighted by Gasteiger charge is -1.99. The summed E-state index contributed by atoms with van der Waals surface area (Å²) in [5, 5.41) is 17.9. The Morgan fingerprint density at radius 2 is 2.25 bits per heavy atom. The molecule has 7 nitrogen and oxygen atoms in total. The second-order valence-electron chi connectivity index (χ2n) is 2.87. The van der Waals surface area contributed by atoms with Gasteiger partial charge >= 0.3 is 12.0 Å². The average Bonchev–Trinajstić information content (AvgIpc) is 2.58. The molecule has 1 aromatic heterocycles. The van der Waals surface area contributed by atoms with Crippen LogP contribution in [0.4, 0.5) is 6.01 Å². The van der Waals surface area contributed by atoms with Crippen molar-refractivity contribution in [1.29, 1.82) is 0 Å². The number of thioether (sulfide) groups is 1. The van der Waals surface area contributed by atoms with Crippen LogP contribution in [0.25, 0.3) is 0 Å². The minimum Gasteiger partial charge on any atom is -0.481 e. The van der Waals surface area contributed by atoms with Gasteiger partial charge in [-0.3, -0.25) is 14.9 Å². The fourth-order valence-electron chi connectivity index (χ4n) is 0.827. The highest BCUT2D eigenvalue weighted by Gasteiger charge is 2.07. The number of carboxylic acid groups (broad SMARTS) is 1. The Bertz CT molecular complexity index is 379. The Morgan fingerprint density at radius 1 is 1.50 bits per heavy atom.